The Bertz CT molecular complexity index is 440. The molecule has 19 heavy (non-hydrogen) atoms. The van der Waals surface area contributed by atoms with Gasteiger partial charge in [-0.2, -0.15) is 5.26 Å². The highest BCUT2D eigenvalue weighted by Crippen LogP contribution is 2.25. The minimum absolute atomic E-state index is 0.0954. The highest BCUT2D eigenvalue weighted by Gasteiger charge is 2.15. The molecule has 104 valence electrons. The Morgan fingerprint density at radius 1 is 1.42 bits per heavy atom. The van der Waals surface area contributed by atoms with Crippen LogP contribution in [0.2, 0.25) is 5.02 Å². The summed E-state index contributed by atoms with van der Waals surface area (Å²) in [6.45, 7) is 5.22. The maximum absolute atomic E-state index is 9.09. The standard InChI is InChI=1S/C15H21ClN2O/c1-11(2)8-14(6-7-18-3)19-15-9-13(16)5-4-12(15)10-17/h4-5,9,11,14,18H,6-8H2,1-3H3. The highest BCUT2D eigenvalue weighted by atomic mass is 35.5. The van der Waals surface area contributed by atoms with E-state index in [2.05, 4.69) is 25.2 Å². The molecule has 1 rings (SSSR count). The van der Waals surface area contributed by atoms with Crippen molar-refractivity contribution in [3.63, 3.8) is 0 Å². The minimum atomic E-state index is 0.0954. The maximum Gasteiger partial charge on any atom is 0.138 e. The SMILES string of the molecule is CNCCC(CC(C)C)Oc1cc(Cl)ccc1C#N. The van der Waals surface area contributed by atoms with E-state index in [1.807, 2.05) is 7.05 Å². The van der Waals surface area contributed by atoms with Gasteiger partial charge in [0.2, 0.25) is 0 Å². The molecular formula is C15H21ClN2O. The van der Waals surface area contributed by atoms with Gasteiger partial charge in [-0.3, -0.25) is 0 Å². The normalized spacial score (nSPS) is 12.2. The molecular weight excluding hydrogens is 260 g/mol. The van der Waals surface area contributed by atoms with Crippen LogP contribution in [0.4, 0.5) is 0 Å². The fourth-order valence-electron chi connectivity index (χ4n) is 1.92. The van der Waals surface area contributed by atoms with Gasteiger partial charge in [0.25, 0.3) is 0 Å². The zero-order chi connectivity index (χ0) is 14.3. The first-order chi connectivity index (χ1) is 9.06. The molecule has 3 nitrogen and oxygen atoms in total. The minimum Gasteiger partial charge on any atom is -0.489 e. The van der Waals surface area contributed by atoms with Gasteiger partial charge in [0.15, 0.2) is 0 Å². The molecule has 0 aliphatic carbocycles. The van der Waals surface area contributed by atoms with Gasteiger partial charge in [-0.15, -0.1) is 0 Å². The summed E-state index contributed by atoms with van der Waals surface area (Å²) in [6, 6.07) is 7.26. The molecule has 0 amide bonds. The lowest BCUT2D eigenvalue weighted by Gasteiger charge is -2.21. The molecule has 1 aromatic carbocycles. The average Bonchev–Trinajstić information content (AvgIpc) is 2.35. The topological polar surface area (TPSA) is 45.0 Å². The zero-order valence-electron chi connectivity index (χ0n) is 11.7. The molecule has 0 saturated carbocycles. The molecule has 0 aliphatic rings. The Morgan fingerprint density at radius 3 is 2.74 bits per heavy atom. The number of nitriles is 1. The van der Waals surface area contributed by atoms with E-state index in [0.717, 1.165) is 19.4 Å². The fraction of sp³-hybridized carbons (Fsp3) is 0.533. The van der Waals surface area contributed by atoms with Crippen molar-refractivity contribution in [1.82, 2.24) is 5.32 Å². The van der Waals surface area contributed by atoms with Crippen LogP contribution in [0.25, 0.3) is 0 Å². The first-order valence-electron chi connectivity index (χ1n) is 6.57. The summed E-state index contributed by atoms with van der Waals surface area (Å²) < 4.78 is 5.98. The van der Waals surface area contributed by atoms with Crippen molar-refractivity contribution in [2.75, 3.05) is 13.6 Å². The second-order valence-corrected chi connectivity index (χ2v) is 5.45. The van der Waals surface area contributed by atoms with Crippen molar-refractivity contribution in [3.8, 4) is 11.8 Å². The van der Waals surface area contributed by atoms with Gasteiger partial charge in [0, 0.05) is 11.1 Å². The number of rotatable bonds is 7. The van der Waals surface area contributed by atoms with Crippen LogP contribution in [0.15, 0.2) is 18.2 Å². The molecule has 1 unspecified atom stereocenters. The predicted molar refractivity (Wildman–Crippen MR) is 78.6 cm³/mol. The number of ether oxygens (including phenoxy) is 1. The van der Waals surface area contributed by atoms with Crippen LogP contribution in [0.3, 0.4) is 0 Å². The van der Waals surface area contributed by atoms with Gasteiger partial charge in [-0.25, -0.2) is 0 Å². The van der Waals surface area contributed by atoms with Crippen LogP contribution in [0.5, 0.6) is 5.75 Å². The Hall–Kier alpha value is -1.24. The first kappa shape index (κ1) is 15.8. The van der Waals surface area contributed by atoms with Crippen LogP contribution < -0.4 is 10.1 Å². The summed E-state index contributed by atoms with van der Waals surface area (Å²) in [5.41, 5.74) is 0.530. The summed E-state index contributed by atoms with van der Waals surface area (Å²) in [5.74, 6) is 1.13. The van der Waals surface area contributed by atoms with Crippen molar-refractivity contribution in [2.45, 2.75) is 32.8 Å². The highest BCUT2D eigenvalue weighted by molar-refractivity contribution is 6.30. The third-order valence-electron chi connectivity index (χ3n) is 2.81. The largest absolute Gasteiger partial charge is 0.489 e. The molecule has 1 atom stereocenters. The molecule has 0 fully saturated rings. The number of halogens is 1. The fourth-order valence-corrected chi connectivity index (χ4v) is 2.08. The summed E-state index contributed by atoms with van der Waals surface area (Å²) in [7, 11) is 1.92. The van der Waals surface area contributed by atoms with Gasteiger partial charge >= 0.3 is 0 Å². The van der Waals surface area contributed by atoms with Crippen molar-refractivity contribution < 1.29 is 4.74 Å². The van der Waals surface area contributed by atoms with E-state index in [1.165, 1.54) is 0 Å². The molecule has 0 radical (unpaired) electrons. The lowest BCUT2D eigenvalue weighted by atomic mass is 10.0. The lowest BCUT2D eigenvalue weighted by molar-refractivity contribution is 0.164. The quantitative estimate of drug-likeness (QED) is 0.830. The molecule has 4 heteroatoms. The second kappa shape index (κ2) is 8.04. The molecule has 0 saturated heterocycles. The third-order valence-corrected chi connectivity index (χ3v) is 3.04. The number of hydrogen-bond donors (Lipinski definition) is 1. The van der Waals surface area contributed by atoms with Crippen molar-refractivity contribution in [2.24, 2.45) is 5.92 Å². The van der Waals surface area contributed by atoms with Crippen LogP contribution in [0, 0.1) is 17.2 Å². The Labute approximate surface area is 120 Å². The Kier molecular flexibility index (Phi) is 6.69. The van der Waals surface area contributed by atoms with Crippen molar-refractivity contribution in [1.29, 1.82) is 5.26 Å². The van der Waals surface area contributed by atoms with Crippen LogP contribution in [0.1, 0.15) is 32.3 Å². The van der Waals surface area contributed by atoms with E-state index < -0.39 is 0 Å². The third kappa shape index (κ3) is 5.50. The van der Waals surface area contributed by atoms with Gasteiger partial charge in [0.1, 0.15) is 17.9 Å². The van der Waals surface area contributed by atoms with E-state index in [9.17, 15) is 0 Å². The zero-order valence-corrected chi connectivity index (χ0v) is 12.5. The van der Waals surface area contributed by atoms with E-state index in [4.69, 9.17) is 21.6 Å². The van der Waals surface area contributed by atoms with Gasteiger partial charge in [-0.05, 0) is 44.5 Å². The first-order valence-corrected chi connectivity index (χ1v) is 6.95. The molecule has 0 heterocycles. The van der Waals surface area contributed by atoms with E-state index in [0.29, 0.717) is 22.3 Å². The summed E-state index contributed by atoms with van der Waals surface area (Å²) in [5, 5.41) is 12.8. The summed E-state index contributed by atoms with van der Waals surface area (Å²) >= 11 is 5.97. The molecule has 0 aromatic heterocycles. The van der Waals surface area contributed by atoms with Crippen LogP contribution in [-0.2, 0) is 0 Å². The lowest BCUT2D eigenvalue weighted by Crippen LogP contribution is -2.24. The predicted octanol–water partition coefficient (Wildman–Crippen LogP) is 3.61. The van der Waals surface area contributed by atoms with E-state index >= 15 is 0 Å². The van der Waals surface area contributed by atoms with Crippen LogP contribution in [-0.4, -0.2) is 19.7 Å². The number of benzene rings is 1. The van der Waals surface area contributed by atoms with E-state index in [1.54, 1.807) is 18.2 Å². The van der Waals surface area contributed by atoms with E-state index in [-0.39, 0.29) is 6.10 Å². The van der Waals surface area contributed by atoms with Gasteiger partial charge < -0.3 is 10.1 Å². The monoisotopic (exact) mass is 280 g/mol. The molecule has 0 spiro atoms. The molecule has 0 aliphatic heterocycles. The van der Waals surface area contributed by atoms with Gasteiger partial charge in [-0.1, -0.05) is 25.4 Å². The summed E-state index contributed by atoms with van der Waals surface area (Å²) in [6.07, 6.45) is 1.96. The van der Waals surface area contributed by atoms with Crippen molar-refractivity contribution in [3.05, 3.63) is 28.8 Å². The number of nitrogens with one attached hydrogen (secondary N) is 1. The Balaban J connectivity index is 2.82. The van der Waals surface area contributed by atoms with Crippen LogP contribution >= 0.6 is 11.6 Å². The van der Waals surface area contributed by atoms with Gasteiger partial charge in [0.05, 0.1) is 5.56 Å². The molecule has 1 N–H and O–H groups in total. The van der Waals surface area contributed by atoms with Crippen molar-refractivity contribution >= 4 is 11.6 Å². The molecule has 0 bridgehead atoms. The smallest absolute Gasteiger partial charge is 0.138 e. The Morgan fingerprint density at radius 2 is 2.16 bits per heavy atom. The number of hydrogen-bond acceptors (Lipinski definition) is 3. The average molecular weight is 281 g/mol. The maximum atomic E-state index is 9.09. The molecule has 1 aromatic rings. The second-order valence-electron chi connectivity index (χ2n) is 5.01. The number of nitrogens with zero attached hydrogens (tertiary/aromatic N) is 1. The summed E-state index contributed by atoms with van der Waals surface area (Å²) in [4.78, 5) is 0.